The molecule has 0 saturated carbocycles. The Hall–Kier alpha value is -1.28. The van der Waals surface area contributed by atoms with Crippen molar-refractivity contribution in [3.05, 3.63) is 27.8 Å². The lowest BCUT2D eigenvalue weighted by Crippen LogP contribution is -2.44. The lowest BCUT2D eigenvalue weighted by Gasteiger charge is -2.33. The van der Waals surface area contributed by atoms with E-state index < -0.39 is 22.1 Å². The number of nitrogens with one attached hydrogen (secondary N) is 1. The monoisotopic (exact) mass is 339 g/mol. The van der Waals surface area contributed by atoms with Gasteiger partial charge in [-0.2, -0.15) is 0 Å². The van der Waals surface area contributed by atoms with E-state index >= 15 is 0 Å². The van der Waals surface area contributed by atoms with Crippen LogP contribution in [0.2, 0.25) is 0 Å². The molecule has 1 aliphatic rings. The number of nitro benzene ring substituents is 1. The van der Waals surface area contributed by atoms with E-state index in [2.05, 4.69) is 10.2 Å². The normalized spacial score (nSPS) is 16.4. The summed E-state index contributed by atoms with van der Waals surface area (Å²) in [6.45, 7) is 5.36. The quantitative estimate of drug-likeness (QED) is 0.441. The average Bonchev–Trinajstić information content (AvgIpc) is 2.41. The molecular formula is C12H19Cl2N3O4. The van der Waals surface area contributed by atoms with Gasteiger partial charge in [-0.1, -0.05) is 0 Å². The zero-order valence-electron chi connectivity index (χ0n) is 11.5. The van der Waals surface area contributed by atoms with Crippen molar-refractivity contribution in [3.8, 4) is 11.5 Å². The van der Waals surface area contributed by atoms with Crippen molar-refractivity contribution in [2.45, 2.75) is 13.0 Å². The van der Waals surface area contributed by atoms with Crippen LogP contribution >= 0.6 is 24.8 Å². The molecule has 120 valence electrons. The Morgan fingerprint density at radius 1 is 1.29 bits per heavy atom. The van der Waals surface area contributed by atoms with E-state index in [9.17, 15) is 20.3 Å². The van der Waals surface area contributed by atoms with Crippen LogP contribution in [0.25, 0.3) is 0 Å². The molecule has 0 aromatic heterocycles. The molecule has 3 N–H and O–H groups in total. The Bertz CT molecular complexity index is 496. The number of nitrogens with zero attached hydrogens (tertiary/aromatic N) is 2. The van der Waals surface area contributed by atoms with Crippen molar-refractivity contribution in [3.63, 3.8) is 0 Å². The van der Waals surface area contributed by atoms with E-state index in [0.717, 1.165) is 26.2 Å². The van der Waals surface area contributed by atoms with Gasteiger partial charge in [0.15, 0.2) is 5.75 Å². The van der Waals surface area contributed by atoms with Crippen LogP contribution in [-0.4, -0.2) is 46.2 Å². The number of hydrogen-bond acceptors (Lipinski definition) is 6. The topological polar surface area (TPSA) is 98.9 Å². The third kappa shape index (κ3) is 4.34. The summed E-state index contributed by atoms with van der Waals surface area (Å²) in [5.41, 5.74) is 0.167. The first-order valence-corrected chi connectivity index (χ1v) is 6.15. The van der Waals surface area contributed by atoms with Crippen molar-refractivity contribution < 1.29 is 15.1 Å². The summed E-state index contributed by atoms with van der Waals surface area (Å²) in [4.78, 5) is 12.3. The molecule has 0 bridgehead atoms. The molecule has 0 spiro atoms. The molecule has 0 radical (unpaired) electrons. The van der Waals surface area contributed by atoms with E-state index in [4.69, 9.17) is 0 Å². The zero-order valence-corrected chi connectivity index (χ0v) is 13.1. The highest BCUT2D eigenvalue weighted by Crippen LogP contribution is 2.38. The van der Waals surface area contributed by atoms with Gasteiger partial charge < -0.3 is 15.5 Å². The maximum absolute atomic E-state index is 10.8. The molecule has 1 aromatic carbocycles. The second kappa shape index (κ2) is 8.23. The van der Waals surface area contributed by atoms with E-state index in [1.54, 1.807) is 0 Å². The van der Waals surface area contributed by atoms with Gasteiger partial charge in [0.2, 0.25) is 5.75 Å². The summed E-state index contributed by atoms with van der Waals surface area (Å²) >= 11 is 0. The third-order valence-electron chi connectivity index (χ3n) is 3.47. The van der Waals surface area contributed by atoms with Crippen LogP contribution in [0.3, 0.4) is 0 Å². The van der Waals surface area contributed by atoms with Gasteiger partial charge in [-0.05, 0) is 18.6 Å². The molecule has 1 atom stereocenters. The fourth-order valence-corrected chi connectivity index (χ4v) is 2.29. The van der Waals surface area contributed by atoms with Gasteiger partial charge in [0, 0.05) is 38.3 Å². The van der Waals surface area contributed by atoms with Crippen molar-refractivity contribution in [1.82, 2.24) is 10.2 Å². The van der Waals surface area contributed by atoms with Gasteiger partial charge in [0.25, 0.3) is 0 Å². The molecule has 0 amide bonds. The Morgan fingerprint density at radius 3 is 2.38 bits per heavy atom. The molecule has 1 fully saturated rings. The van der Waals surface area contributed by atoms with E-state index in [1.807, 2.05) is 6.92 Å². The van der Waals surface area contributed by atoms with Crippen LogP contribution < -0.4 is 5.32 Å². The second-order valence-corrected chi connectivity index (χ2v) is 4.63. The highest BCUT2D eigenvalue weighted by molar-refractivity contribution is 5.85. The molecule has 0 aliphatic carbocycles. The number of hydrogen-bond donors (Lipinski definition) is 3. The predicted octanol–water partition coefficient (Wildman–Crippen LogP) is 1.82. The second-order valence-electron chi connectivity index (χ2n) is 4.63. The van der Waals surface area contributed by atoms with E-state index in [1.165, 1.54) is 12.1 Å². The minimum absolute atomic E-state index is 0. The number of piperazine rings is 1. The van der Waals surface area contributed by atoms with Crippen molar-refractivity contribution in [2.24, 2.45) is 0 Å². The first kappa shape index (κ1) is 19.7. The zero-order chi connectivity index (χ0) is 14.0. The average molecular weight is 340 g/mol. The SMILES string of the molecule is C[C@@H](c1cc(O)c(O)c([N+](=O)[O-])c1)N1CCNCC1.Cl.Cl. The van der Waals surface area contributed by atoms with E-state index in [0.29, 0.717) is 5.56 Å². The Labute approximate surface area is 134 Å². The predicted molar refractivity (Wildman–Crippen MR) is 83.8 cm³/mol. The van der Waals surface area contributed by atoms with Gasteiger partial charge in [-0.25, -0.2) is 0 Å². The molecule has 1 saturated heterocycles. The summed E-state index contributed by atoms with van der Waals surface area (Å²) in [5.74, 6) is -1.13. The van der Waals surface area contributed by atoms with Crippen LogP contribution in [0.5, 0.6) is 11.5 Å². The smallest absolute Gasteiger partial charge is 0.314 e. The minimum Gasteiger partial charge on any atom is -0.504 e. The maximum atomic E-state index is 10.8. The molecular weight excluding hydrogens is 321 g/mol. The summed E-state index contributed by atoms with van der Waals surface area (Å²) in [6, 6.07) is 2.66. The first-order valence-electron chi connectivity index (χ1n) is 6.15. The fraction of sp³-hybridized carbons (Fsp3) is 0.500. The molecule has 21 heavy (non-hydrogen) atoms. The lowest BCUT2D eigenvalue weighted by molar-refractivity contribution is -0.386. The Morgan fingerprint density at radius 2 is 1.86 bits per heavy atom. The van der Waals surface area contributed by atoms with Crippen LogP contribution in [0.15, 0.2) is 12.1 Å². The maximum Gasteiger partial charge on any atom is 0.314 e. The summed E-state index contributed by atoms with van der Waals surface area (Å²) in [7, 11) is 0. The van der Waals surface area contributed by atoms with Crippen LogP contribution in [0, 0.1) is 10.1 Å². The number of rotatable bonds is 3. The van der Waals surface area contributed by atoms with Gasteiger partial charge in [-0.15, -0.1) is 24.8 Å². The van der Waals surface area contributed by atoms with Crippen molar-refractivity contribution >= 4 is 30.5 Å². The minimum atomic E-state index is -0.691. The molecule has 7 nitrogen and oxygen atoms in total. The molecule has 1 aliphatic heterocycles. The lowest BCUT2D eigenvalue weighted by atomic mass is 10.0. The first-order chi connectivity index (χ1) is 9.00. The number of benzene rings is 1. The highest BCUT2D eigenvalue weighted by atomic mass is 35.5. The number of halogens is 2. The van der Waals surface area contributed by atoms with Crippen LogP contribution in [0.4, 0.5) is 5.69 Å². The van der Waals surface area contributed by atoms with Gasteiger partial charge in [0.1, 0.15) is 0 Å². The molecule has 1 aromatic rings. The van der Waals surface area contributed by atoms with Gasteiger partial charge in [-0.3, -0.25) is 15.0 Å². The molecule has 2 rings (SSSR count). The molecule has 1 heterocycles. The largest absolute Gasteiger partial charge is 0.504 e. The summed E-state index contributed by atoms with van der Waals surface area (Å²) < 4.78 is 0. The fourth-order valence-electron chi connectivity index (χ4n) is 2.29. The standard InChI is InChI=1S/C12H17N3O4.2ClH/c1-8(14-4-2-13-3-5-14)9-6-10(15(18)19)12(17)11(16)7-9;;/h6-8,13,16-17H,2-5H2,1H3;2*1H/t8-;;/m0../s1. The molecule has 9 heteroatoms. The molecule has 0 unspecified atom stereocenters. The van der Waals surface area contributed by atoms with E-state index in [-0.39, 0.29) is 30.9 Å². The van der Waals surface area contributed by atoms with Crippen molar-refractivity contribution in [2.75, 3.05) is 26.2 Å². The number of phenols is 2. The van der Waals surface area contributed by atoms with Crippen LogP contribution in [-0.2, 0) is 0 Å². The van der Waals surface area contributed by atoms with Gasteiger partial charge in [0.05, 0.1) is 4.92 Å². The summed E-state index contributed by atoms with van der Waals surface area (Å²) in [6.07, 6.45) is 0. The highest BCUT2D eigenvalue weighted by Gasteiger charge is 2.24. The number of aromatic hydroxyl groups is 2. The Balaban J connectivity index is 0.00000200. The van der Waals surface area contributed by atoms with Crippen LogP contribution in [0.1, 0.15) is 18.5 Å². The van der Waals surface area contributed by atoms with Gasteiger partial charge >= 0.3 is 5.69 Å². The number of nitro groups is 1. The van der Waals surface area contributed by atoms with Crippen molar-refractivity contribution in [1.29, 1.82) is 0 Å². The number of phenolic OH excluding ortho intramolecular Hbond substituents is 2. The summed E-state index contributed by atoms with van der Waals surface area (Å²) in [5, 5.41) is 33.1. The Kier molecular flexibility index (Phi) is 7.73. The third-order valence-corrected chi connectivity index (χ3v) is 3.47.